The maximum atomic E-state index is 12.0. The van der Waals surface area contributed by atoms with Gasteiger partial charge in [0.25, 0.3) is 0 Å². The summed E-state index contributed by atoms with van der Waals surface area (Å²) in [5, 5.41) is 0. The Bertz CT molecular complexity index is 906. The largest absolute Gasteiger partial charge is 0.488 e. The molecule has 0 unspecified atom stereocenters. The van der Waals surface area contributed by atoms with E-state index in [4.69, 9.17) is 9.47 Å². The lowest BCUT2D eigenvalue weighted by Gasteiger charge is -2.27. The molecule has 0 atom stereocenters. The number of ether oxygens (including phenoxy) is 2. The fourth-order valence-electron chi connectivity index (χ4n) is 4.10. The fourth-order valence-corrected chi connectivity index (χ4v) is 4.10. The zero-order chi connectivity index (χ0) is 19.5. The topological polar surface area (TPSA) is 38.8 Å². The van der Waals surface area contributed by atoms with Crippen molar-refractivity contribution in [3.05, 3.63) is 70.3 Å². The van der Waals surface area contributed by atoms with Crippen molar-refractivity contribution in [2.75, 3.05) is 26.7 Å². The SMILES string of the molecule is CCOC(=O)Cc1ccc2c(c1)C(=C1CCN(C)CC1)c1ccccc1CO2. The number of hydrogen-bond donors (Lipinski definition) is 0. The number of hydrogen-bond acceptors (Lipinski definition) is 4. The lowest BCUT2D eigenvalue weighted by molar-refractivity contribution is -0.142. The number of fused-ring (bicyclic) bond motifs is 2. The van der Waals surface area contributed by atoms with Crippen molar-refractivity contribution in [3.63, 3.8) is 0 Å². The van der Waals surface area contributed by atoms with E-state index in [1.165, 1.54) is 22.3 Å². The van der Waals surface area contributed by atoms with Gasteiger partial charge >= 0.3 is 5.97 Å². The standard InChI is InChI=1S/C24H27NO3/c1-3-27-23(26)15-17-8-9-22-21(14-17)24(18-10-12-25(2)13-11-18)20-7-5-4-6-19(20)16-28-22/h4-9,14H,3,10-13,15-16H2,1-2H3. The van der Waals surface area contributed by atoms with Gasteiger partial charge in [-0.1, -0.05) is 35.9 Å². The minimum Gasteiger partial charge on any atom is -0.488 e. The molecular weight excluding hydrogens is 350 g/mol. The average Bonchev–Trinajstić information content (AvgIpc) is 2.85. The smallest absolute Gasteiger partial charge is 0.310 e. The minimum absolute atomic E-state index is 0.189. The predicted octanol–water partition coefficient (Wildman–Crippen LogP) is 4.21. The van der Waals surface area contributed by atoms with Crippen LogP contribution < -0.4 is 4.74 Å². The van der Waals surface area contributed by atoms with E-state index in [2.05, 4.69) is 42.3 Å². The van der Waals surface area contributed by atoms with Crippen molar-refractivity contribution in [1.29, 1.82) is 0 Å². The van der Waals surface area contributed by atoms with Crippen LogP contribution in [0.15, 0.2) is 48.0 Å². The van der Waals surface area contributed by atoms with Gasteiger partial charge in [-0.2, -0.15) is 0 Å². The molecule has 4 rings (SSSR count). The van der Waals surface area contributed by atoms with Gasteiger partial charge < -0.3 is 14.4 Å². The first-order valence-electron chi connectivity index (χ1n) is 10.1. The molecule has 2 aliphatic heterocycles. The van der Waals surface area contributed by atoms with Crippen molar-refractivity contribution >= 4 is 11.5 Å². The highest BCUT2D eigenvalue weighted by atomic mass is 16.5. The number of rotatable bonds is 3. The summed E-state index contributed by atoms with van der Waals surface area (Å²) in [6, 6.07) is 14.6. The summed E-state index contributed by atoms with van der Waals surface area (Å²) in [6.45, 7) is 4.95. The molecule has 0 saturated carbocycles. The van der Waals surface area contributed by atoms with Gasteiger partial charge in [-0.05, 0) is 61.2 Å². The second-order valence-corrected chi connectivity index (χ2v) is 7.54. The summed E-state index contributed by atoms with van der Waals surface area (Å²) in [4.78, 5) is 14.4. The number of carbonyl (C=O) groups is 1. The van der Waals surface area contributed by atoms with Gasteiger partial charge in [0.2, 0.25) is 0 Å². The molecule has 146 valence electrons. The van der Waals surface area contributed by atoms with Gasteiger partial charge in [-0.15, -0.1) is 0 Å². The highest BCUT2D eigenvalue weighted by Crippen LogP contribution is 2.41. The molecule has 4 nitrogen and oxygen atoms in total. The molecule has 0 amide bonds. The van der Waals surface area contributed by atoms with E-state index in [0.717, 1.165) is 42.8 Å². The Morgan fingerprint density at radius 2 is 1.89 bits per heavy atom. The summed E-state index contributed by atoms with van der Waals surface area (Å²) in [6.07, 6.45) is 2.40. The molecule has 0 spiro atoms. The predicted molar refractivity (Wildman–Crippen MR) is 110 cm³/mol. The van der Waals surface area contributed by atoms with E-state index < -0.39 is 0 Å². The third-order valence-corrected chi connectivity index (χ3v) is 5.58. The van der Waals surface area contributed by atoms with Crippen molar-refractivity contribution in [3.8, 4) is 5.75 Å². The number of benzene rings is 2. The quantitative estimate of drug-likeness (QED) is 0.751. The monoisotopic (exact) mass is 377 g/mol. The van der Waals surface area contributed by atoms with Gasteiger partial charge in [0, 0.05) is 18.7 Å². The van der Waals surface area contributed by atoms with Crippen LogP contribution in [-0.2, 0) is 22.6 Å². The van der Waals surface area contributed by atoms with Crippen LogP contribution in [0, 0.1) is 0 Å². The van der Waals surface area contributed by atoms with Gasteiger partial charge in [0.1, 0.15) is 12.4 Å². The van der Waals surface area contributed by atoms with Crippen LogP contribution in [0.3, 0.4) is 0 Å². The molecule has 0 aromatic heterocycles. The summed E-state index contributed by atoms with van der Waals surface area (Å²) < 4.78 is 11.3. The summed E-state index contributed by atoms with van der Waals surface area (Å²) in [5.74, 6) is 0.705. The molecule has 4 heteroatoms. The maximum Gasteiger partial charge on any atom is 0.310 e. The van der Waals surface area contributed by atoms with Gasteiger partial charge in [-0.25, -0.2) is 0 Å². The minimum atomic E-state index is -0.189. The number of esters is 1. The lowest BCUT2D eigenvalue weighted by Crippen LogP contribution is -2.27. The van der Waals surface area contributed by atoms with E-state index in [1.807, 2.05) is 19.1 Å². The average molecular weight is 377 g/mol. The molecule has 1 saturated heterocycles. The molecule has 2 heterocycles. The van der Waals surface area contributed by atoms with Gasteiger partial charge in [0.15, 0.2) is 0 Å². The molecule has 0 bridgehead atoms. The van der Waals surface area contributed by atoms with Crippen LogP contribution >= 0.6 is 0 Å². The summed E-state index contributed by atoms with van der Waals surface area (Å²) in [5.41, 5.74) is 7.31. The first kappa shape index (κ1) is 18.8. The van der Waals surface area contributed by atoms with Crippen molar-refractivity contribution in [1.82, 2.24) is 4.90 Å². The maximum absolute atomic E-state index is 12.0. The highest BCUT2D eigenvalue weighted by Gasteiger charge is 2.24. The van der Waals surface area contributed by atoms with E-state index in [-0.39, 0.29) is 12.4 Å². The van der Waals surface area contributed by atoms with E-state index >= 15 is 0 Å². The Morgan fingerprint density at radius 1 is 1.11 bits per heavy atom. The number of nitrogens with zero attached hydrogens (tertiary/aromatic N) is 1. The molecule has 1 fully saturated rings. The Hall–Kier alpha value is -2.59. The molecule has 2 aromatic rings. The van der Waals surface area contributed by atoms with Gasteiger partial charge in [-0.3, -0.25) is 4.79 Å². The van der Waals surface area contributed by atoms with Gasteiger partial charge in [0.05, 0.1) is 13.0 Å². The third-order valence-electron chi connectivity index (χ3n) is 5.58. The van der Waals surface area contributed by atoms with Crippen LogP contribution in [0.5, 0.6) is 5.75 Å². The Labute approximate surface area is 166 Å². The van der Waals surface area contributed by atoms with E-state index in [9.17, 15) is 4.79 Å². The molecule has 2 aliphatic rings. The van der Waals surface area contributed by atoms with E-state index in [1.54, 1.807) is 0 Å². The number of piperidine rings is 1. The molecular formula is C24H27NO3. The van der Waals surface area contributed by atoms with Crippen LogP contribution in [0.1, 0.15) is 42.0 Å². The summed E-state index contributed by atoms with van der Waals surface area (Å²) >= 11 is 0. The Morgan fingerprint density at radius 3 is 2.68 bits per heavy atom. The zero-order valence-electron chi connectivity index (χ0n) is 16.7. The first-order chi connectivity index (χ1) is 13.7. The Kier molecular flexibility index (Phi) is 5.49. The number of likely N-dealkylation sites (tertiary alicyclic amines) is 1. The number of carbonyl (C=O) groups excluding carboxylic acids is 1. The van der Waals surface area contributed by atoms with Crippen molar-refractivity contribution in [2.24, 2.45) is 0 Å². The molecule has 2 aromatic carbocycles. The summed E-state index contributed by atoms with van der Waals surface area (Å²) in [7, 11) is 2.18. The second kappa shape index (κ2) is 8.19. The fraction of sp³-hybridized carbons (Fsp3) is 0.375. The Balaban J connectivity index is 1.82. The van der Waals surface area contributed by atoms with Crippen LogP contribution in [0.4, 0.5) is 0 Å². The van der Waals surface area contributed by atoms with Crippen molar-refractivity contribution in [2.45, 2.75) is 32.8 Å². The first-order valence-corrected chi connectivity index (χ1v) is 10.1. The van der Waals surface area contributed by atoms with Crippen LogP contribution in [0.25, 0.3) is 5.57 Å². The van der Waals surface area contributed by atoms with Crippen LogP contribution in [0.2, 0.25) is 0 Å². The molecule has 0 N–H and O–H groups in total. The highest BCUT2D eigenvalue weighted by molar-refractivity contribution is 5.87. The van der Waals surface area contributed by atoms with Crippen LogP contribution in [-0.4, -0.2) is 37.6 Å². The van der Waals surface area contributed by atoms with Crippen molar-refractivity contribution < 1.29 is 14.3 Å². The zero-order valence-corrected chi connectivity index (χ0v) is 16.7. The molecule has 0 radical (unpaired) electrons. The van der Waals surface area contributed by atoms with E-state index in [0.29, 0.717) is 13.2 Å². The second-order valence-electron chi connectivity index (χ2n) is 7.54. The molecule has 0 aliphatic carbocycles. The molecule has 28 heavy (non-hydrogen) atoms. The lowest BCUT2D eigenvalue weighted by atomic mass is 9.86. The normalized spacial score (nSPS) is 16.6. The third kappa shape index (κ3) is 3.83.